The lowest BCUT2D eigenvalue weighted by molar-refractivity contribution is -0.384. The van der Waals surface area contributed by atoms with Crippen molar-refractivity contribution in [3.63, 3.8) is 0 Å². The zero-order valence-electron chi connectivity index (χ0n) is 9.82. The van der Waals surface area contributed by atoms with Gasteiger partial charge in [-0.25, -0.2) is 8.42 Å². The van der Waals surface area contributed by atoms with Gasteiger partial charge in [0.25, 0.3) is 5.69 Å². The van der Waals surface area contributed by atoms with Crippen molar-refractivity contribution in [2.24, 2.45) is 0 Å². The van der Waals surface area contributed by atoms with E-state index in [9.17, 15) is 23.3 Å². The Bertz CT molecular complexity index is 693. The van der Waals surface area contributed by atoms with Crippen LogP contribution in [0.2, 0.25) is 0 Å². The zero-order valence-corrected chi connectivity index (χ0v) is 13.0. The maximum absolute atomic E-state index is 11.9. The van der Waals surface area contributed by atoms with Crippen LogP contribution < -0.4 is 4.90 Å². The minimum atomic E-state index is -3.82. The van der Waals surface area contributed by atoms with Crippen LogP contribution in [0, 0.1) is 10.1 Å². The van der Waals surface area contributed by atoms with E-state index in [0.717, 1.165) is 0 Å². The van der Waals surface area contributed by atoms with Gasteiger partial charge in [0.2, 0.25) is 15.0 Å². The Kier molecular flexibility index (Phi) is 4.03. The Morgan fingerprint density at radius 1 is 1.45 bits per heavy atom. The number of carbonyl (C=O) groups is 1. The summed E-state index contributed by atoms with van der Waals surface area (Å²) in [6, 6.07) is 3.89. The van der Waals surface area contributed by atoms with Crippen molar-refractivity contribution in [2.45, 2.75) is 11.7 Å². The molecule has 1 aliphatic heterocycles. The topological polar surface area (TPSA) is 97.6 Å². The fourth-order valence-electron chi connectivity index (χ4n) is 1.92. The molecule has 0 saturated carbocycles. The summed E-state index contributed by atoms with van der Waals surface area (Å²) in [5.74, 6) is -0.395. The van der Waals surface area contributed by atoms with E-state index in [-0.39, 0.29) is 18.7 Å². The van der Waals surface area contributed by atoms with Crippen molar-refractivity contribution in [1.82, 2.24) is 0 Å². The first kappa shape index (κ1) is 15.2. The highest BCUT2D eigenvalue weighted by molar-refractivity contribution is 9.10. The van der Waals surface area contributed by atoms with E-state index in [0.29, 0.717) is 10.2 Å². The standard InChI is InChI=1S/C10H8BrClN2O5S/c11-8-3-6(14(16)17)1-2-9(8)13-5-7(4-10(13)15)20(12,18)19/h1-3,7H,4-5H2. The van der Waals surface area contributed by atoms with E-state index in [1.165, 1.54) is 23.1 Å². The lowest BCUT2D eigenvalue weighted by Crippen LogP contribution is -2.27. The van der Waals surface area contributed by atoms with E-state index < -0.39 is 25.1 Å². The van der Waals surface area contributed by atoms with Crippen LogP contribution in [0.5, 0.6) is 0 Å². The van der Waals surface area contributed by atoms with Crippen LogP contribution in [0.3, 0.4) is 0 Å². The molecule has 1 aromatic carbocycles. The molecular formula is C10H8BrClN2O5S. The molecule has 7 nitrogen and oxygen atoms in total. The predicted molar refractivity (Wildman–Crippen MR) is 76.3 cm³/mol. The van der Waals surface area contributed by atoms with E-state index >= 15 is 0 Å². The average Bonchev–Trinajstić information content (AvgIpc) is 2.71. The Morgan fingerprint density at radius 3 is 2.55 bits per heavy atom. The van der Waals surface area contributed by atoms with E-state index in [1.807, 2.05) is 0 Å². The van der Waals surface area contributed by atoms with Crippen LogP contribution in [0.15, 0.2) is 22.7 Å². The van der Waals surface area contributed by atoms with Gasteiger partial charge in [0, 0.05) is 40.3 Å². The minimum Gasteiger partial charge on any atom is -0.310 e. The first-order valence-corrected chi connectivity index (χ1v) is 8.54. The van der Waals surface area contributed by atoms with E-state index in [1.54, 1.807) is 0 Å². The second-order valence-corrected chi connectivity index (χ2v) is 7.96. The maximum Gasteiger partial charge on any atom is 0.270 e. The van der Waals surface area contributed by atoms with Crippen LogP contribution in [0.1, 0.15) is 6.42 Å². The van der Waals surface area contributed by atoms with Gasteiger partial charge in [-0.2, -0.15) is 0 Å². The fraction of sp³-hybridized carbons (Fsp3) is 0.300. The van der Waals surface area contributed by atoms with E-state index in [2.05, 4.69) is 15.9 Å². The number of benzene rings is 1. The number of anilines is 1. The highest BCUT2D eigenvalue weighted by Gasteiger charge is 2.38. The molecule has 0 aliphatic carbocycles. The summed E-state index contributed by atoms with van der Waals surface area (Å²) in [5.41, 5.74) is 0.247. The average molecular weight is 384 g/mol. The second-order valence-electron chi connectivity index (χ2n) is 4.20. The van der Waals surface area contributed by atoms with Crippen molar-refractivity contribution < 1.29 is 18.1 Å². The van der Waals surface area contributed by atoms with Crippen molar-refractivity contribution in [2.75, 3.05) is 11.4 Å². The number of hydrogen-bond acceptors (Lipinski definition) is 5. The normalized spacial score (nSPS) is 19.4. The lowest BCUT2D eigenvalue weighted by Gasteiger charge is -2.17. The summed E-state index contributed by atoms with van der Waals surface area (Å²) in [6.45, 7) is -0.0684. The zero-order chi connectivity index (χ0) is 15.1. The monoisotopic (exact) mass is 382 g/mol. The third-order valence-corrected chi connectivity index (χ3v) is 5.42. The molecule has 0 bridgehead atoms. The fourth-order valence-corrected chi connectivity index (χ4v) is 3.53. The largest absolute Gasteiger partial charge is 0.310 e. The number of nitro groups is 1. The Labute approximate surface area is 127 Å². The molecule has 1 fully saturated rings. The van der Waals surface area contributed by atoms with Gasteiger partial charge >= 0.3 is 0 Å². The number of nitro benzene ring substituents is 1. The molecule has 1 atom stereocenters. The van der Waals surface area contributed by atoms with Crippen molar-refractivity contribution in [1.29, 1.82) is 0 Å². The van der Waals surface area contributed by atoms with Gasteiger partial charge in [-0.3, -0.25) is 14.9 Å². The Morgan fingerprint density at radius 2 is 2.10 bits per heavy atom. The SMILES string of the molecule is O=C1CC(S(=O)(=O)Cl)CN1c1ccc([N+](=O)[O-])cc1Br. The van der Waals surface area contributed by atoms with Gasteiger partial charge in [0.1, 0.15) is 5.25 Å². The van der Waals surface area contributed by atoms with Gasteiger partial charge in [-0.15, -0.1) is 0 Å². The molecule has 0 N–H and O–H groups in total. The summed E-state index contributed by atoms with van der Waals surface area (Å²) >= 11 is 3.14. The smallest absolute Gasteiger partial charge is 0.270 e. The number of non-ortho nitro benzene ring substituents is 1. The summed E-state index contributed by atoms with van der Waals surface area (Å²) in [4.78, 5) is 23.2. The molecule has 108 valence electrons. The number of rotatable bonds is 3. The molecule has 2 rings (SSSR count). The van der Waals surface area contributed by atoms with Crippen molar-refractivity contribution in [3.05, 3.63) is 32.8 Å². The van der Waals surface area contributed by atoms with Gasteiger partial charge in [-0.1, -0.05) is 0 Å². The molecule has 10 heteroatoms. The highest BCUT2D eigenvalue weighted by Crippen LogP contribution is 2.34. The second kappa shape index (κ2) is 5.30. The molecule has 1 heterocycles. The molecule has 20 heavy (non-hydrogen) atoms. The van der Waals surface area contributed by atoms with E-state index in [4.69, 9.17) is 10.7 Å². The van der Waals surface area contributed by atoms with Crippen LogP contribution in [-0.4, -0.2) is 31.0 Å². The molecule has 1 amide bonds. The summed E-state index contributed by atoms with van der Waals surface area (Å²) in [7, 11) is 1.43. The first-order chi connectivity index (χ1) is 9.20. The number of hydrogen-bond donors (Lipinski definition) is 0. The quantitative estimate of drug-likeness (QED) is 0.452. The molecule has 1 aliphatic rings. The molecule has 0 aromatic heterocycles. The number of amides is 1. The van der Waals surface area contributed by atoms with Gasteiger partial charge in [-0.05, 0) is 22.0 Å². The summed E-state index contributed by atoms with van der Waals surface area (Å²) < 4.78 is 22.9. The Hall–Kier alpha value is -1.19. The van der Waals surface area contributed by atoms with Gasteiger partial charge in [0.15, 0.2) is 0 Å². The lowest BCUT2D eigenvalue weighted by atomic mass is 10.2. The molecule has 1 aromatic rings. The number of halogens is 2. The third kappa shape index (κ3) is 2.94. The van der Waals surface area contributed by atoms with Crippen LogP contribution >= 0.6 is 26.6 Å². The van der Waals surface area contributed by atoms with Crippen LogP contribution in [0.25, 0.3) is 0 Å². The Balaban J connectivity index is 2.33. The number of carbonyl (C=O) groups excluding carboxylic acids is 1. The molecule has 1 unspecified atom stereocenters. The minimum absolute atomic E-state index is 0.0684. The van der Waals surface area contributed by atoms with Gasteiger partial charge in [0.05, 0.1) is 10.6 Å². The number of nitrogens with zero attached hydrogens (tertiary/aromatic N) is 2. The molecule has 1 saturated heterocycles. The summed E-state index contributed by atoms with van der Waals surface area (Å²) in [6.07, 6.45) is -0.199. The summed E-state index contributed by atoms with van der Waals surface area (Å²) in [5, 5.41) is 9.67. The maximum atomic E-state index is 11.9. The third-order valence-electron chi connectivity index (χ3n) is 2.92. The van der Waals surface area contributed by atoms with Crippen molar-refractivity contribution >= 4 is 52.9 Å². The molecule has 0 radical (unpaired) electrons. The van der Waals surface area contributed by atoms with Crippen LogP contribution in [-0.2, 0) is 13.8 Å². The molecular weight excluding hydrogens is 376 g/mol. The first-order valence-electron chi connectivity index (χ1n) is 5.38. The predicted octanol–water partition coefficient (Wildman–Crippen LogP) is 2.03. The van der Waals surface area contributed by atoms with Gasteiger partial charge < -0.3 is 4.90 Å². The molecule has 0 spiro atoms. The highest BCUT2D eigenvalue weighted by atomic mass is 79.9. The van der Waals surface area contributed by atoms with Crippen molar-refractivity contribution in [3.8, 4) is 0 Å². The van der Waals surface area contributed by atoms with Crippen LogP contribution in [0.4, 0.5) is 11.4 Å².